The molecule has 2 saturated heterocycles. The number of carbonyl (C=O) groups excluding carboxylic acids is 1. The summed E-state index contributed by atoms with van der Waals surface area (Å²) in [4.78, 5) is 17.8. The van der Waals surface area contributed by atoms with Crippen molar-refractivity contribution in [3.63, 3.8) is 0 Å². The quantitative estimate of drug-likeness (QED) is 0.503. The number of nitriles is 1. The number of rotatable bonds is 7. The van der Waals surface area contributed by atoms with E-state index in [1.165, 1.54) is 12.8 Å². The van der Waals surface area contributed by atoms with Crippen molar-refractivity contribution in [2.24, 2.45) is 11.3 Å². The zero-order valence-corrected chi connectivity index (χ0v) is 24.2. The third kappa shape index (κ3) is 6.61. The van der Waals surface area contributed by atoms with Gasteiger partial charge in [-0.15, -0.1) is 10.2 Å². The molecule has 2 N–H and O–H groups in total. The number of carbonyl (C=O) groups is 1. The maximum absolute atomic E-state index is 12.9. The Hall–Kier alpha value is -2.93. The zero-order chi connectivity index (χ0) is 28.4. The van der Waals surface area contributed by atoms with E-state index in [9.17, 15) is 9.90 Å². The number of nitrogens with one attached hydrogen (secondary N) is 1. The maximum atomic E-state index is 12.9. The van der Waals surface area contributed by atoms with Gasteiger partial charge in [-0.25, -0.2) is 0 Å². The molecule has 2 aliphatic carbocycles. The second-order valence-electron chi connectivity index (χ2n) is 12.4. The van der Waals surface area contributed by atoms with E-state index >= 15 is 0 Å². The first-order valence-electron chi connectivity index (χ1n) is 15.1. The third-order valence-corrected chi connectivity index (χ3v) is 9.94. The molecule has 10 heteroatoms. The highest BCUT2D eigenvalue weighted by Gasteiger charge is 2.52. The summed E-state index contributed by atoms with van der Waals surface area (Å²) in [6, 6.07) is 11.0. The molecule has 2 saturated carbocycles. The van der Waals surface area contributed by atoms with Crippen LogP contribution in [0.4, 0.5) is 5.82 Å². The molecule has 41 heavy (non-hydrogen) atoms. The highest BCUT2D eigenvalue weighted by Crippen LogP contribution is 2.56. The number of ether oxygens (including phenoxy) is 1. The van der Waals surface area contributed by atoms with Gasteiger partial charge in [0.05, 0.1) is 22.8 Å². The average molecular weight is 579 g/mol. The van der Waals surface area contributed by atoms with E-state index in [1.807, 2.05) is 6.07 Å². The summed E-state index contributed by atoms with van der Waals surface area (Å²) >= 11 is 6.13. The van der Waals surface area contributed by atoms with Crippen LogP contribution in [-0.4, -0.2) is 77.1 Å². The number of piperidine rings is 2. The molecule has 0 radical (unpaired) electrons. The molecule has 1 amide bonds. The predicted molar refractivity (Wildman–Crippen MR) is 156 cm³/mol. The van der Waals surface area contributed by atoms with Gasteiger partial charge in [0.1, 0.15) is 11.8 Å². The largest absolute Gasteiger partial charge is 0.490 e. The number of aliphatic hydroxyl groups is 1. The molecule has 2 aromatic rings. The first kappa shape index (κ1) is 28.2. The van der Waals surface area contributed by atoms with Crippen LogP contribution in [-0.2, 0) is 0 Å². The number of anilines is 1. The lowest BCUT2D eigenvalue weighted by molar-refractivity contribution is 0.0626. The van der Waals surface area contributed by atoms with Crippen LogP contribution in [0.2, 0.25) is 5.02 Å². The van der Waals surface area contributed by atoms with Crippen molar-refractivity contribution in [1.29, 1.82) is 5.26 Å². The van der Waals surface area contributed by atoms with E-state index in [-0.39, 0.29) is 24.2 Å². The molecular weight excluding hydrogens is 540 g/mol. The Labute approximate surface area is 246 Å². The summed E-state index contributed by atoms with van der Waals surface area (Å²) in [5, 5.41) is 31.2. The molecule has 4 aliphatic rings. The van der Waals surface area contributed by atoms with Crippen LogP contribution in [0.15, 0.2) is 30.3 Å². The van der Waals surface area contributed by atoms with Crippen molar-refractivity contribution < 1.29 is 14.6 Å². The number of hydrogen-bond acceptors (Lipinski definition) is 8. The van der Waals surface area contributed by atoms with Gasteiger partial charge < -0.3 is 25.0 Å². The maximum Gasteiger partial charge on any atom is 0.272 e. The third-order valence-electron chi connectivity index (χ3n) is 9.63. The van der Waals surface area contributed by atoms with Gasteiger partial charge in [-0.3, -0.25) is 4.79 Å². The standard InChI is InChI=1S/C31H39ClN6O3/c32-27-17-26(4-1-21(27)18-33)41-25-5-2-23(3-6-25)34-30(40)28-7-8-29(36-35-28)38-16-9-22(31(20-38)12-13-31)19-37-14-10-24(39)11-15-37/h1,4,7-8,17,22-25,39H,2-3,5-6,9-16,19-20H2,(H,34,40). The first-order valence-corrected chi connectivity index (χ1v) is 15.4. The van der Waals surface area contributed by atoms with Crippen LogP contribution in [0.25, 0.3) is 0 Å². The molecule has 1 spiro atoms. The summed E-state index contributed by atoms with van der Waals surface area (Å²) in [6.45, 7) is 5.13. The fourth-order valence-corrected chi connectivity index (χ4v) is 7.09. The van der Waals surface area contributed by atoms with Crippen molar-refractivity contribution in [2.75, 3.05) is 37.6 Å². The summed E-state index contributed by atoms with van der Waals surface area (Å²) in [6.07, 6.45) is 8.70. The molecule has 4 fully saturated rings. The number of nitrogens with zero attached hydrogens (tertiary/aromatic N) is 5. The van der Waals surface area contributed by atoms with Crippen LogP contribution in [0.3, 0.4) is 0 Å². The Kier molecular flexibility index (Phi) is 8.34. The van der Waals surface area contributed by atoms with Crippen molar-refractivity contribution >= 4 is 23.3 Å². The van der Waals surface area contributed by atoms with E-state index in [1.54, 1.807) is 24.3 Å². The molecule has 1 atom stereocenters. The molecule has 9 nitrogen and oxygen atoms in total. The van der Waals surface area contributed by atoms with Gasteiger partial charge in [0.15, 0.2) is 11.5 Å². The van der Waals surface area contributed by atoms with Crippen LogP contribution in [0.5, 0.6) is 5.75 Å². The summed E-state index contributed by atoms with van der Waals surface area (Å²) in [5.74, 6) is 2.04. The molecule has 2 aliphatic heterocycles. The minimum Gasteiger partial charge on any atom is -0.490 e. The van der Waals surface area contributed by atoms with Gasteiger partial charge >= 0.3 is 0 Å². The molecule has 218 valence electrons. The Morgan fingerprint density at radius 2 is 1.85 bits per heavy atom. The number of halogens is 1. The molecule has 0 bridgehead atoms. The van der Waals surface area contributed by atoms with E-state index in [4.69, 9.17) is 21.6 Å². The van der Waals surface area contributed by atoms with Gasteiger partial charge in [-0.2, -0.15) is 5.26 Å². The normalized spacial score (nSPS) is 26.4. The fourth-order valence-electron chi connectivity index (χ4n) is 6.88. The zero-order valence-electron chi connectivity index (χ0n) is 23.5. The second-order valence-corrected chi connectivity index (χ2v) is 12.8. The van der Waals surface area contributed by atoms with Gasteiger partial charge in [-0.1, -0.05) is 11.6 Å². The van der Waals surface area contributed by atoms with Gasteiger partial charge in [0.25, 0.3) is 5.91 Å². The van der Waals surface area contributed by atoms with Crippen LogP contribution >= 0.6 is 11.6 Å². The van der Waals surface area contributed by atoms with E-state index in [0.717, 1.165) is 83.5 Å². The lowest BCUT2D eigenvalue weighted by Crippen LogP contribution is -2.48. The summed E-state index contributed by atoms with van der Waals surface area (Å²) in [7, 11) is 0. The number of benzene rings is 1. The van der Waals surface area contributed by atoms with E-state index in [0.29, 0.717) is 33.4 Å². The Balaban J connectivity index is 0.963. The first-order chi connectivity index (χ1) is 19.9. The molecule has 3 heterocycles. The van der Waals surface area contributed by atoms with E-state index < -0.39 is 0 Å². The number of amides is 1. The highest BCUT2D eigenvalue weighted by molar-refractivity contribution is 6.31. The minimum absolute atomic E-state index is 0.0536. The van der Waals surface area contributed by atoms with Crippen molar-refractivity contribution in [3.8, 4) is 11.8 Å². The van der Waals surface area contributed by atoms with Gasteiger partial charge in [-0.05, 0) is 93.4 Å². The fraction of sp³-hybridized carbons (Fsp3) is 0.613. The predicted octanol–water partition coefficient (Wildman–Crippen LogP) is 4.18. The smallest absolute Gasteiger partial charge is 0.272 e. The van der Waals surface area contributed by atoms with Crippen LogP contribution in [0.1, 0.15) is 73.8 Å². The Bertz CT molecular complexity index is 1260. The number of hydrogen-bond donors (Lipinski definition) is 2. The van der Waals surface area contributed by atoms with Gasteiger partial charge in [0.2, 0.25) is 0 Å². The lowest BCUT2D eigenvalue weighted by Gasteiger charge is -2.42. The van der Waals surface area contributed by atoms with Crippen LogP contribution < -0.4 is 15.0 Å². The molecular formula is C31H39ClN6O3. The SMILES string of the molecule is N#Cc1ccc(OC2CCC(NC(=O)c3ccc(N4CCC(CN5CCC(O)CC5)C5(CC5)C4)nn3)CC2)cc1Cl. The molecule has 6 rings (SSSR count). The van der Waals surface area contributed by atoms with Crippen molar-refractivity contribution in [3.05, 3.63) is 46.6 Å². The number of aromatic nitrogens is 2. The summed E-state index contributed by atoms with van der Waals surface area (Å²) < 4.78 is 6.07. The molecule has 1 aromatic carbocycles. The Morgan fingerprint density at radius 1 is 1.07 bits per heavy atom. The Morgan fingerprint density at radius 3 is 2.51 bits per heavy atom. The van der Waals surface area contributed by atoms with Gasteiger partial charge in [0, 0.05) is 44.8 Å². The average Bonchev–Trinajstić information content (AvgIpc) is 3.76. The minimum atomic E-state index is -0.184. The molecule has 1 aromatic heterocycles. The second kappa shape index (κ2) is 12.1. The van der Waals surface area contributed by atoms with E-state index in [2.05, 4.69) is 31.4 Å². The lowest BCUT2D eigenvalue weighted by atomic mass is 9.81. The monoisotopic (exact) mass is 578 g/mol. The molecule has 1 unspecified atom stereocenters. The van der Waals surface area contributed by atoms with Crippen molar-refractivity contribution in [1.82, 2.24) is 20.4 Å². The summed E-state index contributed by atoms with van der Waals surface area (Å²) in [5.41, 5.74) is 1.16. The highest BCUT2D eigenvalue weighted by atomic mass is 35.5. The van der Waals surface area contributed by atoms with Crippen molar-refractivity contribution in [2.45, 2.75) is 76.0 Å². The number of aliphatic hydroxyl groups excluding tert-OH is 1. The van der Waals surface area contributed by atoms with Crippen LogP contribution in [0, 0.1) is 22.7 Å². The topological polar surface area (TPSA) is 115 Å². The number of likely N-dealkylation sites (tertiary alicyclic amines) is 1.